The molecule has 5 unspecified atom stereocenters. The quantitative estimate of drug-likeness (QED) is 0.691. The van der Waals surface area contributed by atoms with Crippen LogP contribution in [0.2, 0.25) is 0 Å². The normalized spacial score (nSPS) is 32.2. The Morgan fingerprint density at radius 1 is 1.26 bits per heavy atom. The van der Waals surface area contributed by atoms with E-state index in [9.17, 15) is 23.1 Å². The first kappa shape index (κ1) is 22.3. The Balaban J connectivity index is 1.67. The molecule has 8 heteroatoms. The molecular formula is C23H31NO6S. The molecule has 7 nitrogen and oxygen atoms in total. The fraction of sp³-hybridized carbons (Fsp3) is 0.652. The van der Waals surface area contributed by atoms with E-state index in [1.807, 2.05) is 13.0 Å². The van der Waals surface area contributed by atoms with Gasteiger partial charge in [-0.1, -0.05) is 19.9 Å². The van der Waals surface area contributed by atoms with Crippen molar-refractivity contribution in [1.29, 1.82) is 0 Å². The van der Waals surface area contributed by atoms with Crippen molar-refractivity contribution in [3.8, 4) is 5.75 Å². The lowest BCUT2D eigenvalue weighted by Gasteiger charge is -2.46. The predicted molar refractivity (Wildman–Crippen MR) is 115 cm³/mol. The number of carbonyl (C=O) groups is 2. The Hall–Kier alpha value is -1.93. The van der Waals surface area contributed by atoms with E-state index in [1.165, 1.54) is 12.6 Å². The molecule has 0 bridgehead atoms. The lowest BCUT2D eigenvalue weighted by molar-refractivity contribution is -0.140. The van der Waals surface area contributed by atoms with E-state index in [0.717, 1.165) is 30.4 Å². The molecule has 0 spiro atoms. The summed E-state index contributed by atoms with van der Waals surface area (Å²) in [6.07, 6.45) is 3.92. The van der Waals surface area contributed by atoms with Gasteiger partial charge in [-0.15, -0.1) is 0 Å². The average molecular weight is 450 g/mol. The summed E-state index contributed by atoms with van der Waals surface area (Å²) in [7, 11) is -2.51. The maximum absolute atomic E-state index is 13.0. The first-order chi connectivity index (χ1) is 14.6. The summed E-state index contributed by atoms with van der Waals surface area (Å²) in [5.41, 5.74) is 3.23. The van der Waals surface area contributed by atoms with E-state index < -0.39 is 16.3 Å². The van der Waals surface area contributed by atoms with Gasteiger partial charge in [-0.2, -0.15) is 13.1 Å². The van der Waals surface area contributed by atoms with Gasteiger partial charge in [-0.25, -0.2) is 0 Å². The van der Waals surface area contributed by atoms with Gasteiger partial charge >= 0.3 is 16.3 Å². The zero-order valence-electron chi connectivity index (χ0n) is 18.3. The second kappa shape index (κ2) is 8.20. The van der Waals surface area contributed by atoms with Crippen LogP contribution in [0, 0.1) is 29.6 Å². The van der Waals surface area contributed by atoms with Gasteiger partial charge in [0.25, 0.3) is 0 Å². The van der Waals surface area contributed by atoms with Crippen LogP contribution in [-0.2, 0) is 32.7 Å². The topological polar surface area (TPSA) is 110 Å². The number of carbonyl (C=O) groups excluding carboxylic acids is 1. The summed E-state index contributed by atoms with van der Waals surface area (Å²) >= 11 is 0. The van der Waals surface area contributed by atoms with Gasteiger partial charge in [-0.05, 0) is 78.5 Å². The number of ketones is 1. The van der Waals surface area contributed by atoms with Crippen LogP contribution in [0.15, 0.2) is 12.1 Å². The number of carboxylic acid groups (broad SMARTS) is 1. The Morgan fingerprint density at radius 3 is 2.65 bits per heavy atom. The van der Waals surface area contributed by atoms with E-state index >= 15 is 0 Å². The molecule has 6 atom stereocenters. The third kappa shape index (κ3) is 4.00. The first-order valence-electron chi connectivity index (χ1n) is 11.2. The second-order valence-corrected chi connectivity index (χ2v) is 10.9. The van der Waals surface area contributed by atoms with E-state index in [0.29, 0.717) is 30.4 Å². The van der Waals surface area contributed by atoms with Crippen LogP contribution >= 0.6 is 0 Å². The van der Waals surface area contributed by atoms with E-state index in [2.05, 4.69) is 17.7 Å². The molecule has 0 heterocycles. The summed E-state index contributed by atoms with van der Waals surface area (Å²) in [4.78, 5) is 24.2. The van der Waals surface area contributed by atoms with Crippen molar-refractivity contribution in [2.45, 2.75) is 58.3 Å². The van der Waals surface area contributed by atoms with E-state index in [-0.39, 0.29) is 35.9 Å². The number of nitrogens with one attached hydrogen (secondary N) is 1. The van der Waals surface area contributed by atoms with Crippen LogP contribution in [0.25, 0.3) is 0 Å². The van der Waals surface area contributed by atoms with Gasteiger partial charge in [-0.3, -0.25) is 9.59 Å². The number of rotatable bonds is 6. The summed E-state index contributed by atoms with van der Waals surface area (Å²) in [6, 6.07) is 3.98. The van der Waals surface area contributed by atoms with Gasteiger partial charge in [0, 0.05) is 18.9 Å². The molecule has 31 heavy (non-hydrogen) atoms. The molecule has 3 aliphatic carbocycles. The second-order valence-electron chi connectivity index (χ2n) is 9.40. The molecule has 0 aliphatic heterocycles. The van der Waals surface area contributed by atoms with Crippen molar-refractivity contribution in [3.05, 3.63) is 28.8 Å². The van der Waals surface area contributed by atoms with E-state index in [1.54, 1.807) is 0 Å². The first-order valence-corrected chi connectivity index (χ1v) is 12.6. The lowest BCUT2D eigenvalue weighted by atomic mass is 9.57. The number of hydrogen-bond donors (Lipinski definition) is 2. The number of carboxylic acids is 1. The molecule has 1 aromatic carbocycles. The highest BCUT2D eigenvalue weighted by Crippen LogP contribution is 2.57. The highest BCUT2D eigenvalue weighted by atomic mass is 32.2. The predicted octanol–water partition coefficient (Wildman–Crippen LogP) is 3.07. The third-order valence-electron chi connectivity index (χ3n) is 7.77. The van der Waals surface area contributed by atoms with E-state index in [4.69, 9.17) is 4.18 Å². The number of Topliss-reactive ketones (excluding diaryl/α,β-unsaturated/α-hetero) is 1. The third-order valence-corrected chi connectivity index (χ3v) is 8.67. The van der Waals surface area contributed by atoms with Crippen LogP contribution in [-0.4, -0.2) is 32.3 Å². The standard InChI is InChI=1S/C23H31NO6S/c1-4-13-8-17-14(10-20(13)30-31(28,29)24-3)5-6-16-18(17)7-12(2)22-19(16)9-15(23(22)27)11-21(25)26/h8,10,12,15-16,18-19,22,24H,4-7,9,11H2,1-3H3,(H,25,26)/t12-,15?,16?,18?,19?,22?/m1/s1. The highest BCUT2D eigenvalue weighted by molar-refractivity contribution is 7.85. The highest BCUT2D eigenvalue weighted by Gasteiger charge is 2.54. The zero-order valence-corrected chi connectivity index (χ0v) is 19.1. The fourth-order valence-electron chi connectivity index (χ4n) is 6.49. The Kier molecular flexibility index (Phi) is 5.89. The number of aliphatic carboxylic acids is 1. The fourth-order valence-corrected chi connectivity index (χ4v) is 6.96. The molecular weight excluding hydrogens is 418 g/mol. The molecule has 2 N–H and O–H groups in total. The number of aryl methyl sites for hydroxylation is 2. The van der Waals surface area contributed by atoms with Gasteiger partial charge in [0.05, 0.1) is 6.42 Å². The largest absolute Gasteiger partial charge is 0.481 e. The smallest absolute Gasteiger partial charge is 0.382 e. The minimum atomic E-state index is -3.83. The van der Waals surface area contributed by atoms with Crippen molar-refractivity contribution < 1.29 is 27.3 Å². The average Bonchev–Trinajstić information content (AvgIpc) is 3.03. The minimum Gasteiger partial charge on any atom is -0.481 e. The number of hydrogen-bond acceptors (Lipinski definition) is 5. The molecule has 0 saturated heterocycles. The van der Waals surface area contributed by atoms with Crippen molar-refractivity contribution in [1.82, 2.24) is 4.72 Å². The van der Waals surface area contributed by atoms with Crippen molar-refractivity contribution >= 4 is 22.1 Å². The van der Waals surface area contributed by atoms with Crippen LogP contribution in [0.5, 0.6) is 5.75 Å². The molecule has 3 aliphatic rings. The minimum absolute atomic E-state index is 0.0267. The van der Waals surface area contributed by atoms with Crippen molar-refractivity contribution in [2.75, 3.05) is 7.05 Å². The monoisotopic (exact) mass is 449 g/mol. The van der Waals surface area contributed by atoms with Crippen LogP contribution in [0.1, 0.15) is 62.1 Å². The Bertz CT molecular complexity index is 1000. The van der Waals surface area contributed by atoms with Gasteiger partial charge in [0.15, 0.2) is 0 Å². The Morgan fingerprint density at radius 2 is 2.00 bits per heavy atom. The lowest BCUT2D eigenvalue weighted by Crippen LogP contribution is -2.40. The van der Waals surface area contributed by atoms with Crippen LogP contribution in [0.4, 0.5) is 0 Å². The maximum atomic E-state index is 13.0. The van der Waals surface area contributed by atoms with Crippen molar-refractivity contribution in [3.63, 3.8) is 0 Å². The molecule has 170 valence electrons. The SMILES string of the molecule is CCc1cc2c(cc1OS(=O)(=O)NC)CCC1C2C[C@@H](C)C2C(=O)C(CC(=O)O)CC12. The summed E-state index contributed by atoms with van der Waals surface area (Å²) in [6.45, 7) is 4.10. The molecule has 0 radical (unpaired) electrons. The molecule has 0 aromatic heterocycles. The summed E-state index contributed by atoms with van der Waals surface area (Å²) in [5, 5.41) is 9.22. The molecule has 2 saturated carbocycles. The molecule has 4 rings (SSSR count). The summed E-state index contributed by atoms with van der Waals surface area (Å²) < 4.78 is 31.4. The maximum Gasteiger partial charge on any atom is 0.382 e. The molecule has 2 fully saturated rings. The number of fused-ring (bicyclic) bond motifs is 5. The summed E-state index contributed by atoms with van der Waals surface area (Å²) in [5.74, 6) is 0.397. The van der Waals surface area contributed by atoms with Gasteiger partial charge in [0.2, 0.25) is 0 Å². The molecule has 1 aromatic rings. The van der Waals surface area contributed by atoms with Gasteiger partial charge in [0.1, 0.15) is 11.5 Å². The number of benzene rings is 1. The zero-order chi connectivity index (χ0) is 22.5. The Labute approximate surface area is 183 Å². The van der Waals surface area contributed by atoms with Crippen molar-refractivity contribution in [2.24, 2.45) is 29.6 Å². The van der Waals surface area contributed by atoms with Crippen LogP contribution in [0.3, 0.4) is 0 Å². The van der Waals surface area contributed by atoms with Gasteiger partial charge < -0.3 is 9.29 Å². The van der Waals surface area contributed by atoms with Crippen LogP contribution < -0.4 is 8.91 Å². The molecule has 0 amide bonds.